The molecule has 168 valence electrons. The third-order valence-electron chi connectivity index (χ3n) is 5.68. The number of rotatable bonds is 2. The second-order valence-electron chi connectivity index (χ2n) is 8.42. The molecule has 4 heteroatoms. The van der Waals surface area contributed by atoms with Gasteiger partial charge in [-0.2, -0.15) is 0 Å². The zero-order chi connectivity index (χ0) is 24.2. The van der Waals surface area contributed by atoms with Crippen LogP contribution < -0.4 is 11.5 Å². The summed E-state index contributed by atoms with van der Waals surface area (Å²) in [5.41, 5.74) is 18.7. The van der Waals surface area contributed by atoms with Crippen molar-refractivity contribution in [2.45, 2.75) is 13.8 Å². The van der Waals surface area contributed by atoms with Crippen molar-refractivity contribution in [3.8, 4) is 0 Å². The number of aryl methyl sites for hydroxylation is 2. The van der Waals surface area contributed by atoms with E-state index in [1.165, 1.54) is 5.56 Å². The van der Waals surface area contributed by atoms with Crippen LogP contribution in [0.25, 0.3) is 12.2 Å². The fraction of sp³-hybridized carbons (Fsp3) is 0.0667. The number of benzene rings is 4. The molecule has 4 aromatic rings. The van der Waals surface area contributed by atoms with Crippen molar-refractivity contribution >= 4 is 35.1 Å². The third-order valence-corrected chi connectivity index (χ3v) is 5.68. The average Bonchev–Trinajstić information content (AvgIpc) is 2.84. The van der Waals surface area contributed by atoms with Gasteiger partial charge in [0.15, 0.2) is 11.6 Å². The smallest absolute Gasteiger partial charge is 0.194 e. The van der Waals surface area contributed by atoms with Gasteiger partial charge >= 0.3 is 0 Å². The number of hydrogen-bond acceptors (Lipinski definition) is 4. The summed E-state index contributed by atoms with van der Waals surface area (Å²) in [6.45, 7) is 3.96. The Kier molecular flexibility index (Phi) is 6.42. The third kappa shape index (κ3) is 4.97. The van der Waals surface area contributed by atoms with E-state index in [0.29, 0.717) is 27.9 Å². The Morgan fingerprint density at radius 3 is 1.53 bits per heavy atom. The highest BCUT2D eigenvalue weighted by molar-refractivity contribution is 6.28. The maximum atomic E-state index is 12.8. The second-order valence-corrected chi connectivity index (χ2v) is 8.42. The van der Waals surface area contributed by atoms with E-state index in [1.54, 1.807) is 24.3 Å². The van der Waals surface area contributed by atoms with Crippen LogP contribution in [0.15, 0.2) is 84.9 Å². The van der Waals surface area contributed by atoms with E-state index in [2.05, 4.69) is 0 Å². The molecule has 4 aromatic carbocycles. The Bertz CT molecular complexity index is 1380. The summed E-state index contributed by atoms with van der Waals surface area (Å²) in [6.07, 6.45) is 3.88. The monoisotopic (exact) mass is 446 g/mol. The zero-order valence-electron chi connectivity index (χ0n) is 19.2. The predicted molar refractivity (Wildman–Crippen MR) is 140 cm³/mol. The Hall–Kier alpha value is -4.44. The summed E-state index contributed by atoms with van der Waals surface area (Å²) in [5.74, 6) is -0.190. The molecule has 1 aliphatic rings. The molecular formula is C30H26N2O2. The van der Waals surface area contributed by atoms with E-state index in [0.717, 1.165) is 22.4 Å². The Morgan fingerprint density at radius 2 is 0.941 bits per heavy atom. The van der Waals surface area contributed by atoms with Crippen LogP contribution in [-0.2, 0) is 0 Å². The molecule has 0 aliphatic heterocycles. The Morgan fingerprint density at radius 1 is 0.500 bits per heavy atom. The quantitative estimate of drug-likeness (QED) is 0.253. The summed E-state index contributed by atoms with van der Waals surface area (Å²) < 4.78 is 0. The molecule has 34 heavy (non-hydrogen) atoms. The number of nitrogen functional groups attached to an aromatic ring is 2. The first-order valence-corrected chi connectivity index (χ1v) is 11.0. The Balaban J connectivity index is 0.000000291. The molecule has 0 heterocycles. The van der Waals surface area contributed by atoms with E-state index in [9.17, 15) is 9.59 Å². The van der Waals surface area contributed by atoms with Gasteiger partial charge < -0.3 is 11.5 Å². The number of nitrogens with two attached hydrogens (primary N) is 2. The van der Waals surface area contributed by atoms with Crippen LogP contribution in [-0.4, -0.2) is 11.6 Å². The SMILES string of the molecule is Cc1ccc(N)cc1.Cc1ccc2c(c1)C(=O)c1ccc(C=Cc3ccc(N)cc3)cc1C2=O. The van der Waals surface area contributed by atoms with Crippen molar-refractivity contribution in [3.63, 3.8) is 0 Å². The molecule has 0 spiro atoms. The molecule has 0 aromatic heterocycles. The van der Waals surface area contributed by atoms with Crippen LogP contribution in [0, 0.1) is 13.8 Å². The van der Waals surface area contributed by atoms with Crippen LogP contribution in [0.1, 0.15) is 54.1 Å². The van der Waals surface area contributed by atoms with Gasteiger partial charge in [-0.1, -0.05) is 65.7 Å². The van der Waals surface area contributed by atoms with E-state index in [1.807, 2.05) is 86.7 Å². The lowest BCUT2D eigenvalue weighted by Crippen LogP contribution is -2.21. The first-order valence-electron chi connectivity index (χ1n) is 11.0. The van der Waals surface area contributed by atoms with Crippen molar-refractivity contribution < 1.29 is 9.59 Å². The summed E-state index contributed by atoms with van der Waals surface area (Å²) in [7, 11) is 0. The fourth-order valence-electron chi connectivity index (χ4n) is 3.75. The number of fused-ring (bicyclic) bond motifs is 2. The van der Waals surface area contributed by atoms with Crippen molar-refractivity contribution in [2.75, 3.05) is 11.5 Å². The predicted octanol–water partition coefficient (Wildman–Crippen LogP) is 6.10. The van der Waals surface area contributed by atoms with Gasteiger partial charge in [0.1, 0.15) is 0 Å². The lowest BCUT2D eigenvalue weighted by Gasteiger charge is -2.18. The average molecular weight is 447 g/mol. The molecule has 1 aliphatic carbocycles. The molecule has 0 amide bonds. The number of carbonyl (C=O) groups is 2. The van der Waals surface area contributed by atoms with Crippen molar-refractivity contribution in [1.29, 1.82) is 0 Å². The van der Waals surface area contributed by atoms with Crippen molar-refractivity contribution in [1.82, 2.24) is 0 Å². The fourth-order valence-corrected chi connectivity index (χ4v) is 3.75. The number of carbonyl (C=O) groups excluding carboxylic acids is 2. The first-order chi connectivity index (χ1) is 16.3. The lowest BCUT2D eigenvalue weighted by molar-refractivity contribution is 0.0979. The van der Waals surface area contributed by atoms with E-state index in [4.69, 9.17) is 11.5 Å². The van der Waals surface area contributed by atoms with Gasteiger partial charge in [0.2, 0.25) is 0 Å². The maximum Gasteiger partial charge on any atom is 0.194 e. The Labute approximate surface area is 199 Å². The normalized spacial score (nSPS) is 12.1. The van der Waals surface area contributed by atoms with E-state index < -0.39 is 0 Å². The van der Waals surface area contributed by atoms with Gasteiger partial charge in [0.05, 0.1) is 0 Å². The van der Waals surface area contributed by atoms with Gasteiger partial charge in [-0.05, 0) is 67.4 Å². The van der Waals surface area contributed by atoms with Crippen LogP contribution in [0.3, 0.4) is 0 Å². The summed E-state index contributed by atoms with van der Waals surface area (Å²) in [5, 5.41) is 0. The molecule has 4 nitrogen and oxygen atoms in total. The van der Waals surface area contributed by atoms with Gasteiger partial charge in [0, 0.05) is 33.6 Å². The number of anilines is 2. The molecule has 4 N–H and O–H groups in total. The van der Waals surface area contributed by atoms with E-state index in [-0.39, 0.29) is 11.6 Å². The molecule has 0 bridgehead atoms. The van der Waals surface area contributed by atoms with Crippen LogP contribution in [0.5, 0.6) is 0 Å². The van der Waals surface area contributed by atoms with Gasteiger partial charge in [0.25, 0.3) is 0 Å². The number of ketones is 2. The van der Waals surface area contributed by atoms with E-state index >= 15 is 0 Å². The lowest BCUT2D eigenvalue weighted by atomic mass is 9.82. The minimum absolute atomic E-state index is 0.0904. The van der Waals surface area contributed by atoms with Crippen molar-refractivity contribution in [3.05, 3.63) is 129 Å². The molecular weight excluding hydrogens is 420 g/mol. The molecule has 0 fully saturated rings. The topological polar surface area (TPSA) is 86.2 Å². The number of hydrogen-bond donors (Lipinski definition) is 2. The summed E-state index contributed by atoms with van der Waals surface area (Å²) in [6, 6.07) is 26.1. The minimum Gasteiger partial charge on any atom is -0.399 e. The highest BCUT2D eigenvalue weighted by Crippen LogP contribution is 2.29. The first kappa shape index (κ1) is 22.7. The molecule has 0 unspecified atom stereocenters. The standard InChI is InChI=1S/C23H17NO2.C7H9N/c1-14-2-10-18-20(12-14)22(25)19-11-7-16(13-21(19)23(18)26)4-3-15-5-8-17(24)9-6-15;1-6-2-4-7(8)5-3-6/h2-13H,24H2,1H3;2-5H,8H2,1H3. The minimum atomic E-state index is -0.0997. The largest absolute Gasteiger partial charge is 0.399 e. The molecule has 0 radical (unpaired) electrons. The molecule has 0 saturated carbocycles. The highest BCUT2D eigenvalue weighted by Gasteiger charge is 2.29. The summed E-state index contributed by atoms with van der Waals surface area (Å²) >= 11 is 0. The van der Waals surface area contributed by atoms with Gasteiger partial charge in [-0.3, -0.25) is 9.59 Å². The molecule has 0 atom stereocenters. The maximum absolute atomic E-state index is 12.8. The van der Waals surface area contributed by atoms with Crippen LogP contribution >= 0.6 is 0 Å². The second kappa shape index (κ2) is 9.59. The summed E-state index contributed by atoms with van der Waals surface area (Å²) in [4.78, 5) is 25.6. The van der Waals surface area contributed by atoms with Gasteiger partial charge in [-0.15, -0.1) is 0 Å². The molecule has 5 rings (SSSR count). The highest BCUT2D eigenvalue weighted by atomic mass is 16.1. The zero-order valence-corrected chi connectivity index (χ0v) is 19.2. The molecule has 0 saturated heterocycles. The van der Waals surface area contributed by atoms with Crippen LogP contribution in [0.4, 0.5) is 11.4 Å². The van der Waals surface area contributed by atoms with Crippen molar-refractivity contribution in [2.24, 2.45) is 0 Å². The van der Waals surface area contributed by atoms with Gasteiger partial charge in [-0.25, -0.2) is 0 Å². The van der Waals surface area contributed by atoms with Crippen LogP contribution in [0.2, 0.25) is 0 Å².